The van der Waals surface area contributed by atoms with Gasteiger partial charge in [-0.05, 0) is 55.8 Å². The molecule has 1 fully saturated rings. The van der Waals surface area contributed by atoms with Crippen LogP contribution in [0.2, 0.25) is 0 Å². The fourth-order valence-corrected chi connectivity index (χ4v) is 4.66. The third-order valence-corrected chi connectivity index (χ3v) is 6.23. The zero-order chi connectivity index (χ0) is 24.2. The predicted octanol–water partition coefficient (Wildman–Crippen LogP) is 5.56. The van der Waals surface area contributed by atoms with Crippen molar-refractivity contribution in [3.05, 3.63) is 84.4 Å². The van der Waals surface area contributed by atoms with E-state index in [1.165, 1.54) is 12.1 Å². The molecule has 0 N–H and O–H groups in total. The second kappa shape index (κ2) is 10.2. The summed E-state index contributed by atoms with van der Waals surface area (Å²) in [7, 11) is 0. The summed E-state index contributed by atoms with van der Waals surface area (Å²) in [6.07, 6.45) is 1.11. The monoisotopic (exact) mass is 473 g/mol. The number of hydrogen-bond acceptors (Lipinski definition) is 4. The van der Waals surface area contributed by atoms with Gasteiger partial charge in [-0.3, -0.25) is 4.79 Å². The minimum absolute atomic E-state index is 0.0185. The largest absolute Gasteiger partial charge is 0.490 e. The van der Waals surface area contributed by atoms with Crippen molar-refractivity contribution in [1.82, 2.24) is 9.55 Å². The molecule has 180 valence electrons. The maximum atomic E-state index is 13.8. The van der Waals surface area contributed by atoms with E-state index in [-0.39, 0.29) is 17.6 Å². The minimum Gasteiger partial charge on any atom is -0.490 e. The fraction of sp³-hybridized carbons (Fsp3) is 0.286. The summed E-state index contributed by atoms with van der Waals surface area (Å²) in [6, 6.07) is 21.9. The lowest BCUT2D eigenvalue weighted by atomic mass is 10.1. The fourth-order valence-electron chi connectivity index (χ4n) is 4.66. The molecular weight excluding hydrogens is 445 g/mol. The Morgan fingerprint density at radius 2 is 1.77 bits per heavy atom. The van der Waals surface area contributed by atoms with E-state index >= 15 is 0 Å². The Bertz CT molecular complexity index is 1340. The second-order valence-corrected chi connectivity index (χ2v) is 8.58. The molecule has 1 aromatic heterocycles. The molecule has 0 spiro atoms. The second-order valence-electron chi connectivity index (χ2n) is 8.58. The van der Waals surface area contributed by atoms with Crippen LogP contribution in [0.5, 0.6) is 11.5 Å². The number of aromatic nitrogens is 2. The van der Waals surface area contributed by atoms with Crippen molar-refractivity contribution in [2.45, 2.75) is 32.2 Å². The maximum Gasteiger partial charge on any atom is 0.227 e. The summed E-state index contributed by atoms with van der Waals surface area (Å²) in [4.78, 5) is 19.4. The van der Waals surface area contributed by atoms with Crippen molar-refractivity contribution < 1.29 is 18.7 Å². The minimum atomic E-state index is -0.350. The Labute approximate surface area is 203 Å². The molecule has 1 unspecified atom stereocenters. The van der Waals surface area contributed by atoms with Crippen LogP contribution in [0, 0.1) is 5.82 Å². The third kappa shape index (κ3) is 4.85. The van der Waals surface area contributed by atoms with Gasteiger partial charge < -0.3 is 18.9 Å². The first-order valence-corrected chi connectivity index (χ1v) is 12.0. The summed E-state index contributed by atoms with van der Waals surface area (Å²) in [5.41, 5.74) is 2.53. The molecule has 1 atom stereocenters. The van der Waals surface area contributed by atoms with Crippen LogP contribution in [0.1, 0.15) is 31.5 Å². The Morgan fingerprint density at radius 3 is 2.57 bits per heavy atom. The van der Waals surface area contributed by atoms with Gasteiger partial charge in [-0.2, -0.15) is 0 Å². The molecule has 0 saturated carbocycles. The van der Waals surface area contributed by atoms with Gasteiger partial charge in [0.25, 0.3) is 0 Å². The number of carbonyl (C=O) groups excluding carboxylic acids is 1. The molecule has 4 aromatic rings. The molecule has 7 heteroatoms. The van der Waals surface area contributed by atoms with Gasteiger partial charge in [0.05, 0.1) is 24.2 Å². The first-order valence-electron chi connectivity index (χ1n) is 12.0. The number of fused-ring (bicyclic) bond motifs is 1. The Balaban J connectivity index is 1.33. The number of benzene rings is 3. The molecule has 0 bridgehead atoms. The van der Waals surface area contributed by atoms with E-state index in [9.17, 15) is 9.18 Å². The van der Waals surface area contributed by atoms with Gasteiger partial charge in [0.15, 0.2) is 11.5 Å². The van der Waals surface area contributed by atoms with Gasteiger partial charge in [0.2, 0.25) is 5.91 Å². The Hall–Kier alpha value is -3.87. The summed E-state index contributed by atoms with van der Waals surface area (Å²) in [6.45, 7) is 4.24. The summed E-state index contributed by atoms with van der Waals surface area (Å²) < 4.78 is 27.6. The smallest absolute Gasteiger partial charge is 0.227 e. The number of carbonyl (C=O) groups is 1. The molecule has 1 aliphatic heterocycles. The lowest BCUT2D eigenvalue weighted by molar-refractivity contribution is -0.117. The van der Waals surface area contributed by atoms with Gasteiger partial charge in [0.1, 0.15) is 11.6 Å². The normalized spacial score (nSPS) is 15.7. The molecule has 2 heterocycles. The number of nitrogens with zero attached hydrogens (tertiary/aromatic N) is 3. The molecule has 3 aromatic carbocycles. The molecule has 1 saturated heterocycles. The number of aryl methyl sites for hydroxylation is 1. The Kier molecular flexibility index (Phi) is 6.66. The van der Waals surface area contributed by atoms with Crippen molar-refractivity contribution in [1.29, 1.82) is 0 Å². The van der Waals surface area contributed by atoms with E-state index in [4.69, 9.17) is 14.5 Å². The van der Waals surface area contributed by atoms with Gasteiger partial charge in [-0.15, -0.1) is 0 Å². The van der Waals surface area contributed by atoms with Crippen LogP contribution < -0.4 is 14.4 Å². The number of ether oxygens (including phenoxy) is 2. The molecular formula is C28H28FN3O3. The van der Waals surface area contributed by atoms with Crippen molar-refractivity contribution in [2.24, 2.45) is 0 Å². The van der Waals surface area contributed by atoms with E-state index in [1.54, 1.807) is 17.0 Å². The van der Waals surface area contributed by atoms with Crippen LogP contribution in [-0.4, -0.2) is 35.2 Å². The first kappa shape index (κ1) is 22.9. The average molecular weight is 474 g/mol. The molecule has 5 rings (SSSR count). The molecule has 1 aliphatic rings. The van der Waals surface area contributed by atoms with Gasteiger partial charge in [-0.25, -0.2) is 9.37 Å². The van der Waals surface area contributed by atoms with Crippen LogP contribution in [0.4, 0.5) is 10.1 Å². The van der Waals surface area contributed by atoms with Crippen LogP contribution in [0.15, 0.2) is 72.8 Å². The van der Waals surface area contributed by atoms with Crippen LogP contribution in [-0.2, 0) is 11.3 Å². The number of imidazole rings is 1. The van der Waals surface area contributed by atoms with E-state index in [0.29, 0.717) is 38.4 Å². The van der Waals surface area contributed by atoms with Gasteiger partial charge in [-0.1, -0.05) is 30.3 Å². The molecule has 0 aliphatic carbocycles. The van der Waals surface area contributed by atoms with Crippen molar-refractivity contribution in [2.75, 3.05) is 24.7 Å². The zero-order valence-corrected chi connectivity index (χ0v) is 19.7. The highest BCUT2D eigenvalue weighted by Gasteiger charge is 2.34. The average Bonchev–Trinajstić information content (AvgIpc) is 3.43. The van der Waals surface area contributed by atoms with Crippen LogP contribution >= 0.6 is 0 Å². The van der Waals surface area contributed by atoms with Gasteiger partial charge >= 0.3 is 0 Å². The molecule has 0 radical (unpaired) electrons. The van der Waals surface area contributed by atoms with E-state index < -0.39 is 0 Å². The third-order valence-electron chi connectivity index (χ3n) is 6.23. The first-order chi connectivity index (χ1) is 17.1. The highest BCUT2D eigenvalue weighted by molar-refractivity contribution is 5.96. The number of anilines is 1. The maximum absolute atomic E-state index is 13.8. The van der Waals surface area contributed by atoms with E-state index in [0.717, 1.165) is 34.8 Å². The summed E-state index contributed by atoms with van der Waals surface area (Å²) >= 11 is 0. The standard InChI is InChI=1S/C28H28FN3O3/c1-2-34-25-13-5-6-14-26(25)35-16-8-15-31-24-12-4-3-11-23(24)30-28(31)20-17-27(33)32(19-20)22-10-7-9-21(29)18-22/h3-7,9-14,18,20H,2,8,15-17,19H2,1H3. The molecule has 6 nitrogen and oxygen atoms in total. The predicted molar refractivity (Wildman–Crippen MR) is 134 cm³/mol. The number of rotatable bonds is 9. The summed E-state index contributed by atoms with van der Waals surface area (Å²) in [5.74, 6) is 1.92. The lowest BCUT2D eigenvalue weighted by Gasteiger charge is -2.17. The lowest BCUT2D eigenvalue weighted by Crippen LogP contribution is -2.24. The van der Waals surface area contributed by atoms with Crippen molar-refractivity contribution >= 4 is 22.6 Å². The van der Waals surface area contributed by atoms with Gasteiger partial charge in [0, 0.05) is 31.1 Å². The van der Waals surface area contributed by atoms with Crippen LogP contribution in [0.25, 0.3) is 11.0 Å². The number of para-hydroxylation sites is 4. The van der Waals surface area contributed by atoms with Crippen molar-refractivity contribution in [3.8, 4) is 11.5 Å². The summed E-state index contributed by atoms with van der Waals surface area (Å²) in [5, 5.41) is 0. The topological polar surface area (TPSA) is 56.6 Å². The molecule has 35 heavy (non-hydrogen) atoms. The highest BCUT2D eigenvalue weighted by Crippen LogP contribution is 2.33. The van der Waals surface area contributed by atoms with Crippen molar-refractivity contribution in [3.63, 3.8) is 0 Å². The SMILES string of the molecule is CCOc1ccccc1OCCCn1c(C2CC(=O)N(c3cccc(F)c3)C2)nc2ccccc21. The number of halogens is 1. The number of amides is 1. The number of hydrogen-bond donors (Lipinski definition) is 0. The quantitative estimate of drug-likeness (QED) is 0.299. The Morgan fingerprint density at radius 1 is 1.00 bits per heavy atom. The highest BCUT2D eigenvalue weighted by atomic mass is 19.1. The molecule has 1 amide bonds. The van der Waals surface area contributed by atoms with E-state index in [2.05, 4.69) is 10.6 Å². The van der Waals surface area contributed by atoms with E-state index in [1.807, 2.05) is 49.4 Å². The van der Waals surface area contributed by atoms with Crippen LogP contribution in [0.3, 0.4) is 0 Å². The zero-order valence-electron chi connectivity index (χ0n) is 19.7.